The fourth-order valence-electron chi connectivity index (χ4n) is 3.18. The van der Waals surface area contributed by atoms with E-state index in [2.05, 4.69) is 38.7 Å². The molecule has 5 heteroatoms. The number of pyridine rings is 1. The second kappa shape index (κ2) is 6.37. The van der Waals surface area contributed by atoms with E-state index in [9.17, 15) is 0 Å². The van der Waals surface area contributed by atoms with Crippen molar-refractivity contribution in [2.45, 2.75) is 32.5 Å². The van der Waals surface area contributed by atoms with Gasteiger partial charge in [0, 0.05) is 62.9 Å². The summed E-state index contributed by atoms with van der Waals surface area (Å²) in [5, 5.41) is 4.51. The van der Waals surface area contributed by atoms with Gasteiger partial charge in [-0.05, 0) is 24.6 Å². The molecule has 0 fully saturated rings. The summed E-state index contributed by atoms with van der Waals surface area (Å²) in [5.74, 6) is 0.392. The van der Waals surface area contributed by atoms with Gasteiger partial charge in [-0.2, -0.15) is 5.10 Å². The first-order valence-corrected chi connectivity index (χ1v) is 7.46. The third kappa shape index (κ3) is 2.99. The average Bonchev–Trinajstić information content (AvgIpc) is 2.92. The second-order valence-corrected chi connectivity index (χ2v) is 5.55. The minimum absolute atomic E-state index is 0.392. The molecule has 112 valence electrons. The van der Waals surface area contributed by atoms with Crippen molar-refractivity contribution < 1.29 is 4.74 Å². The number of hydrogen-bond acceptors (Lipinski definition) is 4. The van der Waals surface area contributed by atoms with Crippen molar-refractivity contribution in [3.63, 3.8) is 0 Å². The van der Waals surface area contributed by atoms with E-state index in [1.54, 1.807) is 7.11 Å². The highest BCUT2D eigenvalue weighted by Crippen LogP contribution is 2.29. The number of aryl methyl sites for hydroxylation is 1. The van der Waals surface area contributed by atoms with E-state index in [1.807, 2.05) is 18.6 Å². The van der Waals surface area contributed by atoms with E-state index in [0.717, 1.165) is 32.8 Å². The molecule has 2 aromatic heterocycles. The van der Waals surface area contributed by atoms with Gasteiger partial charge in [0.15, 0.2) is 0 Å². The highest BCUT2D eigenvalue weighted by molar-refractivity contribution is 5.26. The quantitative estimate of drug-likeness (QED) is 0.843. The minimum Gasteiger partial charge on any atom is -0.384 e. The van der Waals surface area contributed by atoms with Crippen molar-refractivity contribution in [2.75, 3.05) is 20.3 Å². The first-order chi connectivity index (χ1) is 10.3. The zero-order valence-corrected chi connectivity index (χ0v) is 12.7. The molecule has 2 aromatic rings. The lowest BCUT2D eigenvalue weighted by Crippen LogP contribution is -2.35. The average molecular weight is 286 g/mol. The van der Waals surface area contributed by atoms with Crippen LogP contribution in [-0.2, 0) is 24.4 Å². The molecule has 0 N–H and O–H groups in total. The van der Waals surface area contributed by atoms with Gasteiger partial charge in [0.2, 0.25) is 0 Å². The lowest BCUT2D eigenvalue weighted by Gasteiger charge is -2.33. The van der Waals surface area contributed by atoms with Gasteiger partial charge in [-0.25, -0.2) is 0 Å². The molecule has 0 radical (unpaired) electrons. The molecule has 0 unspecified atom stereocenters. The van der Waals surface area contributed by atoms with Crippen LogP contribution in [0.2, 0.25) is 0 Å². The number of aromatic nitrogens is 3. The molecule has 1 aliphatic rings. The molecule has 5 nitrogen and oxygen atoms in total. The largest absolute Gasteiger partial charge is 0.384 e. The van der Waals surface area contributed by atoms with Gasteiger partial charge < -0.3 is 4.74 Å². The normalized spacial score (nSPS) is 18.7. The first-order valence-electron chi connectivity index (χ1n) is 7.46. The SMILES string of the molecule is CCn1ncc2c1[C@@H](COC)CN(Cc1ccncc1)C2. The van der Waals surface area contributed by atoms with Crippen LogP contribution in [0.3, 0.4) is 0 Å². The molecule has 0 saturated heterocycles. The van der Waals surface area contributed by atoms with Gasteiger partial charge in [0.25, 0.3) is 0 Å². The smallest absolute Gasteiger partial charge is 0.0558 e. The third-order valence-electron chi connectivity index (χ3n) is 4.04. The van der Waals surface area contributed by atoms with Crippen molar-refractivity contribution >= 4 is 0 Å². The number of methoxy groups -OCH3 is 1. The summed E-state index contributed by atoms with van der Waals surface area (Å²) >= 11 is 0. The molecule has 0 bridgehead atoms. The predicted molar refractivity (Wildman–Crippen MR) is 80.9 cm³/mol. The van der Waals surface area contributed by atoms with Crippen molar-refractivity contribution in [1.82, 2.24) is 19.7 Å². The van der Waals surface area contributed by atoms with Crippen LogP contribution < -0.4 is 0 Å². The van der Waals surface area contributed by atoms with Gasteiger partial charge in [-0.15, -0.1) is 0 Å². The van der Waals surface area contributed by atoms with Gasteiger partial charge in [-0.1, -0.05) is 0 Å². The number of nitrogens with zero attached hydrogens (tertiary/aromatic N) is 4. The Balaban J connectivity index is 1.81. The third-order valence-corrected chi connectivity index (χ3v) is 4.04. The fourth-order valence-corrected chi connectivity index (χ4v) is 3.18. The molecule has 0 spiro atoms. The molecule has 3 heterocycles. The zero-order chi connectivity index (χ0) is 14.7. The Morgan fingerprint density at radius 2 is 2.14 bits per heavy atom. The zero-order valence-electron chi connectivity index (χ0n) is 12.7. The Kier molecular flexibility index (Phi) is 4.31. The standard InChI is InChI=1S/C16H22N4O/c1-3-20-16-14(8-18-20)10-19(11-15(16)12-21-2)9-13-4-6-17-7-5-13/h4-8,15H,3,9-12H2,1-2H3/t15-/m1/s1. The molecule has 0 aliphatic carbocycles. The Bertz CT molecular complexity index is 581. The topological polar surface area (TPSA) is 43.2 Å². The van der Waals surface area contributed by atoms with Crippen LogP contribution in [0.5, 0.6) is 0 Å². The Hall–Kier alpha value is -1.72. The van der Waals surface area contributed by atoms with E-state index >= 15 is 0 Å². The molecule has 3 rings (SSSR count). The number of fused-ring (bicyclic) bond motifs is 1. The first kappa shape index (κ1) is 14.2. The Labute approximate surface area is 125 Å². The van der Waals surface area contributed by atoms with Gasteiger partial charge in [-0.3, -0.25) is 14.6 Å². The van der Waals surface area contributed by atoms with Crippen molar-refractivity contribution in [3.05, 3.63) is 47.5 Å². The van der Waals surface area contributed by atoms with E-state index in [-0.39, 0.29) is 0 Å². The summed E-state index contributed by atoms with van der Waals surface area (Å²) in [6.07, 6.45) is 5.72. The maximum Gasteiger partial charge on any atom is 0.0558 e. The lowest BCUT2D eigenvalue weighted by atomic mass is 9.96. The van der Waals surface area contributed by atoms with Gasteiger partial charge >= 0.3 is 0 Å². The van der Waals surface area contributed by atoms with Crippen molar-refractivity contribution in [2.24, 2.45) is 0 Å². The second-order valence-electron chi connectivity index (χ2n) is 5.55. The summed E-state index contributed by atoms with van der Waals surface area (Å²) in [7, 11) is 1.77. The highest BCUT2D eigenvalue weighted by atomic mass is 16.5. The van der Waals surface area contributed by atoms with Crippen LogP contribution in [0.15, 0.2) is 30.7 Å². The molecule has 1 aliphatic heterocycles. The van der Waals surface area contributed by atoms with E-state index < -0.39 is 0 Å². The molecular formula is C16H22N4O. The molecule has 21 heavy (non-hydrogen) atoms. The maximum absolute atomic E-state index is 5.43. The Morgan fingerprint density at radius 1 is 1.33 bits per heavy atom. The van der Waals surface area contributed by atoms with Crippen LogP contribution in [0.1, 0.15) is 29.7 Å². The van der Waals surface area contributed by atoms with Crippen LogP contribution in [0.25, 0.3) is 0 Å². The number of rotatable bonds is 5. The maximum atomic E-state index is 5.43. The van der Waals surface area contributed by atoms with E-state index in [4.69, 9.17) is 4.74 Å². The van der Waals surface area contributed by atoms with E-state index in [1.165, 1.54) is 16.8 Å². The molecular weight excluding hydrogens is 264 g/mol. The molecule has 0 saturated carbocycles. The summed E-state index contributed by atoms with van der Waals surface area (Å²) < 4.78 is 7.54. The van der Waals surface area contributed by atoms with Gasteiger partial charge in [0.1, 0.15) is 0 Å². The summed E-state index contributed by atoms with van der Waals surface area (Å²) in [5.41, 5.74) is 3.98. The monoisotopic (exact) mass is 286 g/mol. The fraction of sp³-hybridized carbons (Fsp3) is 0.500. The Morgan fingerprint density at radius 3 is 2.86 bits per heavy atom. The molecule has 1 atom stereocenters. The number of hydrogen-bond donors (Lipinski definition) is 0. The van der Waals surface area contributed by atoms with Crippen molar-refractivity contribution in [3.8, 4) is 0 Å². The highest BCUT2D eigenvalue weighted by Gasteiger charge is 2.28. The molecule has 0 aromatic carbocycles. The summed E-state index contributed by atoms with van der Waals surface area (Å²) in [6, 6.07) is 4.16. The van der Waals surface area contributed by atoms with Crippen LogP contribution in [0.4, 0.5) is 0 Å². The summed E-state index contributed by atoms with van der Waals surface area (Å²) in [6.45, 7) is 6.71. The number of ether oxygens (including phenoxy) is 1. The van der Waals surface area contributed by atoms with Crippen LogP contribution in [0, 0.1) is 0 Å². The van der Waals surface area contributed by atoms with Crippen molar-refractivity contribution in [1.29, 1.82) is 0 Å². The summed E-state index contributed by atoms with van der Waals surface area (Å²) in [4.78, 5) is 6.54. The minimum atomic E-state index is 0.392. The van der Waals surface area contributed by atoms with Crippen LogP contribution >= 0.6 is 0 Å². The van der Waals surface area contributed by atoms with E-state index in [0.29, 0.717) is 5.92 Å². The lowest BCUT2D eigenvalue weighted by molar-refractivity contribution is 0.132. The molecule has 0 amide bonds. The van der Waals surface area contributed by atoms with Gasteiger partial charge in [0.05, 0.1) is 12.8 Å². The predicted octanol–water partition coefficient (Wildman–Crippen LogP) is 2.04. The van der Waals surface area contributed by atoms with Crippen LogP contribution in [-0.4, -0.2) is 39.9 Å².